The van der Waals surface area contributed by atoms with Gasteiger partial charge in [-0.1, -0.05) is 30.3 Å². The van der Waals surface area contributed by atoms with E-state index in [0.717, 1.165) is 31.1 Å². The van der Waals surface area contributed by atoms with Gasteiger partial charge in [0.25, 0.3) is 11.8 Å². The number of anilines is 1. The Morgan fingerprint density at radius 2 is 1.67 bits per heavy atom. The molecule has 0 aliphatic heterocycles. The van der Waals surface area contributed by atoms with Crippen molar-refractivity contribution in [2.45, 2.75) is 18.9 Å². The molecule has 0 fully saturated rings. The van der Waals surface area contributed by atoms with E-state index in [1.807, 2.05) is 24.3 Å². The van der Waals surface area contributed by atoms with Crippen molar-refractivity contribution in [2.75, 3.05) is 18.0 Å². The number of benzene rings is 2. The van der Waals surface area contributed by atoms with Crippen LogP contribution >= 0.6 is 0 Å². The lowest BCUT2D eigenvalue weighted by Crippen LogP contribution is -2.32. The fraction of sp³-hybridized carbons (Fsp3) is 0.160. The standard InChI is InChI=1S/C25H26N4O6S/c1-3-29(4-2)20-12-10-18(11-13-20)16-22(27-24(30)19-8-6-5-7-9-19)25(31)28-26-17-21-14-15-23(35-21)36(32,33)34/h5-17H,3-4H2,1-2H3,(H,27,30)(H,28,31)(H,32,33,34)/p-1. The van der Waals surface area contributed by atoms with E-state index in [9.17, 15) is 22.6 Å². The molecule has 0 aliphatic rings. The van der Waals surface area contributed by atoms with Gasteiger partial charge in [-0.05, 0) is 61.9 Å². The molecule has 0 radical (unpaired) electrons. The molecule has 0 aliphatic carbocycles. The lowest BCUT2D eigenvalue weighted by atomic mass is 10.1. The number of hydrazone groups is 1. The summed E-state index contributed by atoms with van der Waals surface area (Å²) in [6.45, 7) is 5.82. The number of hydrogen-bond donors (Lipinski definition) is 2. The lowest BCUT2D eigenvalue weighted by molar-refractivity contribution is -0.117. The molecule has 1 aromatic heterocycles. The summed E-state index contributed by atoms with van der Waals surface area (Å²) >= 11 is 0. The number of furan rings is 1. The van der Waals surface area contributed by atoms with Crippen molar-refractivity contribution in [3.8, 4) is 0 Å². The van der Waals surface area contributed by atoms with Gasteiger partial charge in [-0.15, -0.1) is 0 Å². The van der Waals surface area contributed by atoms with Crippen LogP contribution in [-0.2, 0) is 14.9 Å². The average molecular weight is 510 g/mol. The van der Waals surface area contributed by atoms with E-state index >= 15 is 0 Å². The lowest BCUT2D eigenvalue weighted by Gasteiger charge is -2.20. The summed E-state index contributed by atoms with van der Waals surface area (Å²) in [6, 6.07) is 18.1. The molecule has 36 heavy (non-hydrogen) atoms. The van der Waals surface area contributed by atoms with E-state index < -0.39 is 27.0 Å². The first kappa shape index (κ1) is 26.4. The second kappa shape index (κ2) is 12.0. The summed E-state index contributed by atoms with van der Waals surface area (Å²) < 4.78 is 37.8. The average Bonchev–Trinajstić information content (AvgIpc) is 3.35. The van der Waals surface area contributed by atoms with E-state index in [2.05, 4.69) is 34.6 Å². The van der Waals surface area contributed by atoms with Crippen LogP contribution in [0, 0.1) is 0 Å². The number of amides is 2. The van der Waals surface area contributed by atoms with E-state index in [-0.39, 0.29) is 11.5 Å². The highest BCUT2D eigenvalue weighted by atomic mass is 32.2. The van der Waals surface area contributed by atoms with Crippen molar-refractivity contribution in [2.24, 2.45) is 5.10 Å². The molecule has 11 heteroatoms. The van der Waals surface area contributed by atoms with Gasteiger partial charge in [0.05, 0.1) is 6.21 Å². The molecule has 0 saturated carbocycles. The van der Waals surface area contributed by atoms with Crippen LogP contribution in [0.2, 0.25) is 0 Å². The van der Waals surface area contributed by atoms with Crippen molar-refractivity contribution in [3.05, 3.63) is 89.3 Å². The molecule has 0 spiro atoms. The molecule has 0 atom stereocenters. The SMILES string of the molecule is CCN(CC)c1ccc(C=C(NC(=O)c2ccccc2)C(=O)NN=Cc2ccc(S(=O)(=O)[O-])o2)cc1. The van der Waals surface area contributed by atoms with Gasteiger partial charge in [0.2, 0.25) is 5.09 Å². The van der Waals surface area contributed by atoms with E-state index in [4.69, 9.17) is 4.42 Å². The molecule has 188 valence electrons. The Bertz CT molecular complexity index is 1360. The summed E-state index contributed by atoms with van der Waals surface area (Å²) in [5.74, 6) is -1.28. The molecule has 10 nitrogen and oxygen atoms in total. The van der Waals surface area contributed by atoms with Crippen LogP contribution in [0.25, 0.3) is 6.08 Å². The molecule has 2 amide bonds. The predicted octanol–water partition coefficient (Wildman–Crippen LogP) is 2.95. The normalized spacial score (nSPS) is 11.9. The largest absolute Gasteiger partial charge is 0.742 e. The van der Waals surface area contributed by atoms with Crippen LogP contribution in [0.5, 0.6) is 0 Å². The van der Waals surface area contributed by atoms with Crippen molar-refractivity contribution < 1.29 is 27.0 Å². The molecule has 2 aromatic carbocycles. The van der Waals surface area contributed by atoms with Gasteiger partial charge in [0, 0.05) is 24.3 Å². The Hall–Kier alpha value is -4.22. The van der Waals surface area contributed by atoms with Gasteiger partial charge in [0.15, 0.2) is 10.1 Å². The highest BCUT2D eigenvalue weighted by Gasteiger charge is 2.15. The second-order valence-corrected chi connectivity index (χ2v) is 8.76. The second-order valence-electron chi connectivity index (χ2n) is 7.45. The van der Waals surface area contributed by atoms with Crippen LogP contribution in [0.1, 0.15) is 35.5 Å². The molecule has 0 unspecified atom stereocenters. The third-order valence-corrected chi connectivity index (χ3v) is 5.78. The van der Waals surface area contributed by atoms with Gasteiger partial charge >= 0.3 is 0 Å². The third-order valence-electron chi connectivity index (χ3n) is 5.07. The van der Waals surface area contributed by atoms with Crippen molar-refractivity contribution in [1.29, 1.82) is 0 Å². The monoisotopic (exact) mass is 509 g/mol. The number of carbonyl (C=O) groups excluding carboxylic acids is 2. The number of carbonyl (C=O) groups is 2. The molecule has 0 bridgehead atoms. The van der Waals surface area contributed by atoms with Gasteiger partial charge < -0.3 is 19.2 Å². The maximum absolute atomic E-state index is 12.8. The van der Waals surface area contributed by atoms with E-state index in [1.165, 1.54) is 12.1 Å². The third kappa shape index (κ3) is 7.14. The molecular weight excluding hydrogens is 484 g/mol. The molecular formula is C25H25N4O6S-. The molecule has 3 rings (SSSR count). The van der Waals surface area contributed by atoms with Crippen LogP contribution < -0.4 is 15.6 Å². The van der Waals surface area contributed by atoms with Gasteiger partial charge in [-0.3, -0.25) is 9.59 Å². The highest BCUT2D eigenvalue weighted by molar-refractivity contribution is 7.85. The van der Waals surface area contributed by atoms with Crippen molar-refractivity contribution in [3.63, 3.8) is 0 Å². The summed E-state index contributed by atoms with van der Waals surface area (Å²) in [6.07, 6.45) is 2.54. The zero-order valence-corrected chi connectivity index (χ0v) is 20.5. The molecule has 0 saturated heterocycles. The molecule has 1 heterocycles. The highest BCUT2D eigenvalue weighted by Crippen LogP contribution is 2.17. The van der Waals surface area contributed by atoms with Crippen molar-refractivity contribution >= 4 is 39.9 Å². The first-order valence-corrected chi connectivity index (χ1v) is 12.4. The maximum atomic E-state index is 12.8. The zero-order valence-electron chi connectivity index (χ0n) is 19.7. The Balaban J connectivity index is 1.82. The minimum Gasteiger partial charge on any atom is -0.742 e. The summed E-state index contributed by atoms with van der Waals surface area (Å²) in [5, 5.41) is 5.56. The quantitative estimate of drug-likeness (QED) is 0.185. The zero-order chi connectivity index (χ0) is 26.1. The first-order chi connectivity index (χ1) is 17.2. The predicted molar refractivity (Wildman–Crippen MR) is 134 cm³/mol. The molecule has 3 aromatic rings. The van der Waals surface area contributed by atoms with Crippen LogP contribution in [0.3, 0.4) is 0 Å². The Labute approximate surface area is 209 Å². The van der Waals surface area contributed by atoms with Crippen LogP contribution in [-0.4, -0.2) is 44.1 Å². The number of nitrogens with one attached hydrogen (secondary N) is 2. The fourth-order valence-corrected chi connectivity index (χ4v) is 3.67. The van der Waals surface area contributed by atoms with Gasteiger partial charge in [-0.25, -0.2) is 13.8 Å². The smallest absolute Gasteiger partial charge is 0.287 e. The first-order valence-electron chi connectivity index (χ1n) is 11.0. The maximum Gasteiger partial charge on any atom is 0.287 e. The number of rotatable bonds is 10. The van der Waals surface area contributed by atoms with Gasteiger partial charge in [-0.2, -0.15) is 5.10 Å². The Morgan fingerprint density at radius 1 is 1.00 bits per heavy atom. The fourth-order valence-electron chi connectivity index (χ4n) is 3.23. The Kier molecular flexibility index (Phi) is 8.76. The van der Waals surface area contributed by atoms with E-state index in [1.54, 1.807) is 30.3 Å². The molecule has 2 N–H and O–H groups in total. The topological polar surface area (TPSA) is 144 Å². The number of hydrogen-bond acceptors (Lipinski definition) is 8. The van der Waals surface area contributed by atoms with Crippen LogP contribution in [0.15, 0.2) is 87.0 Å². The van der Waals surface area contributed by atoms with Crippen LogP contribution in [0.4, 0.5) is 5.69 Å². The number of nitrogens with zero attached hydrogens (tertiary/aromatic N) is 2. The van der Waals surface area contributed by atoms with Crippen molar-refractivity contribution in [1.82, 2.24) is 10.7 Å². The Morgan fingerprint density at radius 3 is 2.25 bits per heavy atom. The minimum atomic E-state index is -4.75. The summed E-state index contributed by atoms with van der Waals surface area (Å²) in [7, 11) is -4.75. The van der Waals surface area contributed by atoms with E-state index in [0.29, 0.717) is 11.1 Å². The minimum absolute atomic E-state index is 0.0597. The summed E-state index contributed by atoms with van der Waals surface area (Å²) in [5.41, 5.74) is 4.24. The van der Waals surface area contributed by atoms with Gasteiger partial charge in [0.1, 0.15) is 11.5 Å². The summed E-state index contributed by atoms with van der Waals surface area (Å²) in [4.78, 5) is 27.7.